The molecular weight excluding hydrogens is 198 g/mol. The van der Waals surface area contributed by atoms with Crippen LogP contribution in [-0.4, -0.2) is 4.98 Å². The summed E-state index contributed by atoms with van der Waals surface area (Å²) in [6.45, 7) is 6.40. The molecule has 1 N–H and O–H groups in total. The number of H-pyrrole nitrogens is 1. The third-order valence-electron chi connectivity index (χ3n) is 3.26. The number of aryl methyl sites for hydroxylation is 1. The standard InChI is InChI=1S/C14H17NO/c1-4-9(2)11-5-6-13-12(8-11)10(3)7-14(16)15-13/h5-9H,4H2,1-3H3,(H,15,16). The van der Waals surface area contributed by atoms with Crippen LogP contribution in [0.25, 0.3) is 10.9 Å². The van der Waals surface area contributed by atoms with Gasteiger partial charge in [0.1, 0.15) is 0 Å². The lowest BCUT2D eigenvalue weighted by Crippen LogP contribution is -2.05. The Morgan fingerprint density at radius 1 is 1.31 bits per heavy atom. The first-order chi connectivity index (χ1) is 7.61. The van der Waals surface area contributed by atoms with Gasteiger partial charge in [-0.3, -0.25) is 4.79 Å². The van der Waals surface area contributed by atoms with Crippen molar-refractivity contribution in [1.82, 2.24) is 4.98 Å². The molecule has 2 rings (SSSR count). The number of hydrogen-bond acceptors (Lipinski definition) is 1. The zero-order chi connectivity index (χ0) is 11.7. The molecule has 0 aliphatic carbocycles. The first-order valence-electron chi connectivity index (χ1n) is 5.75. The predicted molar refractivity (Wildman–Crippen MR) is 68.0 cm³/mol. The first-order valence-corrected chi connectivity index (χ1v) is 5.75. The van der Waals surface area contributed by atoms with Crippen LogP contribution in [0, 0.1) is 6.92 Å². The summed E-state index contributed by atoms with van der Waals surface area (Å²) in [7, 11) is 0. The smallest absolute Gasteiger partial charge is 0.248 e. The lowest BCUT2D eigenvalue weighted by molar-refractivity contribution is 0.734. The van der Waals surface area contributed by atoms with Crippen molar-refractivity contribution in [2.24, 2.45) is 0 Å². The van der Waals surface area contributed by atoms with Crippen LogP contribution in [0.5, 0.6) is 0 Å². The van der Waals surface area contributed by atoms with Crippen molar-refractivity contribution in [3.63, 3.8) is 0 Å². The molecule has 0 aliphatic rings. The van der Waals surface area contributed by atoms with E-state index in [4.69, 9.17) is 0 Å². The maximum atomic E-state index is 11.3. The fourth-order valence-electron chi connectivity index (χ4n) is 1.98. The molecule has 84 valence electrons. The van der Waals surface area contributed by atoms with Crippen molar-refractivity contribution in [2.75, 3.05) is 0 Å². The molecule has 1 heterocycles. The molecule has 1 aromatic heterocycles. The van der Waals surface area contributed by atoms with Gasteiger partial charge in [0.15, 0.2) is 0 Å². The third kappa shape index (κ3) is 1.87. The number of aromatic nitrogens is 1. The Hall–Kier alpha value is -1.57. The van der Waals surface area contributed by atoms with E-state index in [0.717, 1.165) is 22.9 Å². The number of fused-ring (bicyclic) bond motifs is 1. The van der Waals surface area contributed by atoms with E-state index < -0.39 is 0 Å². The SMILES string of the molecule is CCC(C)c1ccc2[nH]c(=O)cc(C)c2c1. The summed E-state index contributed by atoms with van der Waals surface area (Å²) in [5, 5.41) is 1.15. The van der Waals surface area contributed by atoms with E-state index in [0.29, 0.717) is 5.92 Å². The van der Waals surface area contributed by atoms with Crippen LogP contribution in [0.4, 0.5) is 0 Å². The van der Waals surface area contributed by atoms with Crippen LogP contribution >= 0.6 is 0 Å². The van der Waals surface area contributed by atoms with Crippen molar-refractivity contribution >= 4 is 10.9 Å². The van der Waals surface area contributed by atoms with Gasteiger partial charge >= 0.3 is 0 Å². The Bertz CT molecular complexity index is 568. The van der Waals surface area contributed by atoms with Crippen molar-refractivity contribution in [2.45, 2.75) is 33.1 Å². The van der Waals surface area contributed by atoms with Crippen LogP contribution in [0.3, 0.4) is 0 Å². The average molecular weight is 215 g/mol. The number of aromatic amines is 1. The predicted octanol–water partition coefficient (Wildman–Crippen LogP) is 3.35. The topological polar surface area (TPSA) is 32.9 Å². The minimum atomic E-state index is -0.0266. The van der Waals surface area contributed by atoms with Crippen molar-refractivity contribution < 1.29 is 0 Å². The van der Waals surface area contributed by atoms with E-state index in [2.05, 4.69) is 31.0 Å². The Morgan fingerprint density at radius 3 is 2.75 bits per heavy atom. The highest BCUT2D eigenvalue weighted by Crippen LogP contribution is 2.23. The summed E-state index contributed by atoms with van der Waals surface area (Å²) in [5.41, 5.74) is 3.28. The van der Waals surface area contributed by atoms with Crippen LogP contribution in [0.2, 0.25) is 0 Å². The normalized spacial score (nSPS) is 12.9. The molecule has 0 saturated heterocycles. The van der Waals surface area contributed by atoms with Gasteiger partial charge in [0.25, 0.3) is 0 Å². The molecule has 1 atom stereocenters. The van der Waals surface area contributed by atoms with Gasteiger partial charge in [0.05, 0.1) is 0 Å². The van der Waals surface area contributed by atoms with Crippen LogP contribution in [-0.2, 0) is 0 Å². The molecule has 0 aliphatic heterocycles. The third-order valence-corrected chi connectivity index (χ3v) is 3.26. The average Bonchev–Trinajstić information content (AvgIpc) is 2.27. The minimum Gasteiger partial charge on any atom is -0.322 e. The molecule has 0 radical (unpaired) electrons. The first kappa shape index (κ1) is 10.9. The number of benzene rings is 1. The molecular formula is C14H17NO. The highest BCUT2D eigenvalue weighted by atomic mass is 16.1. The molecule has 2 heteroatoms. The Kier molecular flexibility index (Phi) is 2.82. The van der Waals surface area contributed by atoms with E-state index in [1.807, 2.05) is 13.0 Å². The number of pyridine rings is 1. The molecule has 0 saturated carbocycles. The van der Waals surface area contributed by atoms with Crippen LogP contribution in [0.15, 0.2) is 29.1 Å². The van der Waals surface area contributed by atoms with Gasteiger partial charge in [0.2, 0.25) is 5.56 Å². The summed E-state index contributed by atoms with van der Waals surface area (Å²) < 4.78 is 0. The maximum absolute atomic E-state index is 11.3. The highest BCUT2D eigenvalue weighted by Gasteiger charge is 2.05. The Balaban J connectivity index is 2.66. The number of nitrogens with one attached hydrogen (secondary N) is 1. The number of rotatable bonds is 2. The van der Waals surface area contributed by atoms with E-state index in [9.17, 15) is 4.79 Å². The molecule has 1 aromatic carbocycles. The van der Waals surface area contributed by atoms with Crippen LogP contribution in [0.1, 0.15) is 37.3 Å². The molecule has 16 heavy (non-hydrogen) atoms. The van der Waals surface area contributed by atoms with Gasteiger partial charge in [-0.25, -0.2) is 0 Å². The Morgan fingerprint density at radius 2 is 2.06 bits per heavy atom. The minimum absolute atomic E-state index is 0.0266. The summed E-state index contributed by atoms with van der Waals surface area (Å²) in [4.78, 5) is 14.2. The van der Waals surface area contributed by atoms with Crippen molar-refractivity contribution in [3.05, 3.63) is 45.7 Å². The monoisotopic (exact) mass is 215 g/mol. The van der Waals surface area contributed by atoms with Gasteiger partial charge in [0, 0.05) is 17.0 Å². The fourth-order valence-corrected chi connectivity index (χ4v) is 1.98. The van der Waals surface area contributed by atoms with Gasteiger partial charge in [-0.2, -0.15) is 0 Å². The molecule has 2 aromatic rings. The van der Waals surface area contributed by atoms with E-state index in [1.54, 1.807) is 6.07 Å². The second-order valence-corrected chi connectivity index (χ2v) is 4.43. The summed E-state index contributed by atoms with van der Waals surface area (Å²) in [6.07, 6.45) is 1.13. The largest absolute Gasteiger partial charge is 0.322 e. The molecule has 2 nitrogen and oxygen atoms in total. The van der Waals surface area contributed by atoms with E-state index in [-0.39, 0.29) is 5.56 Å². The van der Waals surface area contributed by atoms with Crippen molar-refractivity contribution in [3.8, 4) is 0 Å². The quantitative estimate of drug-likeness (QED) is 0.818. The van der Waals surface area contributed by atoms with Gasteiger partial charge in [-0.05, 0) is 42.5 Å². The van der Waals surface area contributed by atoms with Crippen molar-refractivity contribution in [1.29, 1.82) is 0 Å². The molecule has 0 bridgehead atoms. The zero-order valence-corrected chi connectivity index (χ0v) is 10.0. The molecule has 0 fully saturated rings. The summed E-state index contributed by atoms with van der Waals surface area (Å²) >= 11 is 0. The molecule has 0 spiro atoms. The van der Waals surface area contributed by atoms with Gasteiger partial charge < -0.3 is 4.98 Å². The van der Waals surface area contributed by atoms with Crippen LogP contribution < -0.4 is 5.56 Å². The van der Waals surface area contributed by atoms with Gasteiger partial charge in [-0.15, -0.1) is 0 Å². The molecule has 0 amide bonds. The number of hydrogen-bond donors (Lipinski definition) is 1. The fraction of sp³-hybridized carbons (Fsp3) is 0.357. The summed E-state index contributed by atoms with van der Waals surface area (Å²) in [5.74, 6) is 0.565. The zero-order valence-electron chi connectivity index (χ0n) is 10.0. The van der Waals surface area contributed by atoms with Gasteiger partial charge in [-0.1, -0.05) is 19.9 Å². The second-order valence-electron chi connectivity index (χ2n) is 4.43. The Labute approximate surface area is 95.3 Å². The molecule has 1 unspecified atom stereocenters. The summed E-state index contributed by atoms with van der Waals surface area (Å²) in [6, 6.07) is 7.95. The highest BCUT2D eigenvalue weighted by molar-refractivity contribution is 5.82. The van der Waals surface area contributed by atoms with E-state index >= 15 is 0 Å². The maximum Gasteiger partial charge on any atom is 0.248 e. The lowest BCUT2D eigenvalue weighted by Gasteiger charge is -2.10. The van der Waals surface area contributed by atoms with E-state index in [1.165, 1.54) is 5.56 Å². The lowest BCUT2D eigenvalue weighted by atomic mass is 9.96. The second kappa shape index (κ2) is 4.12.